The molecule has 0 unspecified atom stereocenters. The van der Waals surface area contributed by atoms with Crippen molar-refractivity contribution in [2.24, 2.45) is 0 Å². The summed E-state index contributed by atoms with van der Waals surface area (Å²) in [4.78, 5) is 29.7. The molecule has 0 spiro atoms. The molecule has 5 rings (SSSR count). The predicted octanol–water partition coefficient (Wildman–Crippen LogP) is 3.88. The number of thioether (sulfide) groups is 2. The van der Waals surface area contributed by atoms with E-state index in [-0.39, 0.29) is 24.1 Å². The van der Waals surface area contributed by atoms with Crippen LogP contribution in [0.15, 0.2) is 51.4 Å². The van der Waals surface area contributed by atoms with Crippen molar-refractivity contribution in [3.63, 3.8) is 0 Å². The number of hydrogen-bond donors (Lipinski definition) is 2. The first-order valence-corrected chi connectivity index (χ1v) is 12.8. The van der Waals surface area contributed by atoms with Crippen molar-refractivity contribution in [1.29, 1.82) is 0 Å². The number of thiazole rings is 1. The molecule has 0 bridgehead atoms. The molecular formula is C21H19N5O3S3. The lowest BCUT2D eigenvalue weighted by Gasteiger charge is -2.11. The van der Waals surface area contributed by atoms with Gasteiger partial charge in [0.05, 0.1) is 34.5 Å². The van der Waals surface area contributed by atoms with E-state index in [0.717, 1.165) is 37.3 Å². The number of benzene rings is 1. The molecule has 4 aromatic rings. The maximum atomic E-state index is 12.7. The third-order valence-electron chi connectivity index (χ3n) is 4.81. The Kier molecular flexibility index (Phi) is 6.19. The van der Waals surface area contributed by atoms with Crippen LogP contribution < -0.4 is 10.6 Å². The Labute approximate surface area is 196 Å². The summed E-state index contributed by atoms with van der Waals surface area (Å²) < 4.78 is 8.78. The van der Waals surface area contributed by atoms with Gasteiger partial charge in [-0.15, -0.1) is 11.3 Å². The zero-order chi connectivity index (χ0) is 21.9. The smallest absolute Gasteiger partial charge is 0.242 e. The van der Waals surface area contributed by atoms with E-state index in [1.165, 1.54) is 11.8 Å². The van der Waals surface area contributed by atoms with E-state index in [4.69, 9.17) is 4.42 Å². The summed E-state index contributed by atoms with van der Waals surface area (Å²) in [6, 6.07) is 11.5. The largest absolute Gasteiger partial charge is 0.467 e. The Hall–Kier alpha value is -2.76. The lowest BCUT2D eigenvalue weighted by molar-refractivity contribution is -0.122. The third kappa shape index (κ3) is 4.69. The number of aromatic nitrogens is 3. The zero-order valence-electron chi connectivity index (χ0n) is 16.9. The summed E-state index contributed by atoms with van der Waals surface area (Å²) in [5.41, 5.74) is 2.85. The number of hydrogen-bond acceptors (Lipinski definition) is 8. The molecule has 0 atom stereocenters. The van der Waals surface area contributed by atoms with Crippen LogP contribution in [0.2, 0.25) is 0 Å². The average molecular weight is 486 g/mol. The summed E-state index contributed by atoms with van der Waals surface area (Å²) in [7, 11) is 0. The molecule has 2 N–H and O–H groups in total. The molecule has 1 aliphatic rings. The highest BCUT2D eigenvalue weighted by atomic mass is 32.2. The van der Waals surface area contributed by atoms with Crippen molar-refractivity contribution in [2.75, 3.05) is 11.1 Å². The molecule has 164 valence electrons. The highest BCUT2D eigenvalue weighted by Gasteiger charge is 2.25. The fourth-order valence-corrected chi connectivity index (χ4v) is 6.22. The van der Waals surface area contributed by atoms with Gasteiger partial charge in [-0.05, 0) is 24.3 Å². The zero-order valence-corrected chi connectivity index (χ0v) is 19.3. The molecule has 0 aliphatic carbocycles. The number of para-hydroxylation sites is 1. The van der Waals surface area contributed by atoms with Gasteiger partial charge < -0.3 is 15.1 Å². The van der Waals surface area contributed by atoms with Crippen molar-refractivity contribution in [2.45, 2.75) is 28.9 Å². The van der Waals surface area contributed by atoms with Crippen LogP contribution in [-0.4, -0.2) is 32.3 Å². The minimum absolute atomic E-state index is 0.0268. The third-order valence-corrected chi connectivity index (χ3v) is 7.96. The van der Waals surface area contributed by atoms with E-state index in [0.29, 0.717) is 18.1 Å². The molecule has 0 fully saturated rings. The number of anilines is 1. The molecule has 8 nitrogen and oxygen atoms in total. The number of amides is 2. The summed E-state index contributed by atoms with van der Waals surface area (Å²) in [6.45, 7) is 0.335. The second-order valence-electron chi connectivity index (χ2n) is 7.06. The van der Waals surface area contributed by atoms with E-state index >= 15 is 0 Å². The van der Waals surface area contributed by atoms with Gasteiger partial charge >= 0.3 is 0 Å². The first-order chi connectivity index (χ1) is 15.7. The average Bonchev–Trinajstić information content (AvgIpc) is 3.57. The Morgan fingerprint density at radius 3 is 2.91 bits per heavy atom. The number of carbonyl (C=O) groups is 2. The van der Waals surface area contributed by atoms with E-state index in [1.807, 2.05) is 24.3 Å². The standard InChI is InChI=1S/C21H19N5O3S3/c27-18(22-8-13-4-3-7-29-13)9-26-20(14-10-30-11-16(14)25-26)24-19(28)12-31-21-23-15-5-1-2-6-17(15)32-21/h1-7H,8-12H2,(H,22,27)(H,24,28). The van der Waals surface area contributed by atoms with Crippen molar-refractivity contribution in [3.05, 3.63) is 59.7 Å². The molecule has 1 aromatic carbocycles. The highest BCUT2D eigenvalue weighted by Crippen LogP contribution is 2.35. The maximum Gasteiger partial charge on any atom is 0.242 e. The summed E-state index contributed by atoms with van der Waals surface area (Å²) >= 11 is 4.73. The SMILES string of the molecule is O=C(Cn1nc2c(c1NC(=O)CSc1nc3ccccc3s1)CSC2)NCc1ccco1. The lowest BCUT2D eigenvalue weighted by Crippen LogP contribution is -2.29. The second-order valence-corrected chi connectivity index (χ2v) is 10.3. The van der Waals surface area contributed by atoms with Crippen LogP contribution in [0.5, 0.6) is 0 Å². The molecule has 2 amide bonds. The molecule has 0 saturated carbocycles. The van der Waals surface area contributed by atoms with Crippen LogP contribution >= 0.6 is 34.9 Å². The molecule has 0 radical (unpaired) electrons. The monoisotopic (exact) mass is 485 g/mol. The van der Waals surface area contributed by atoms with Gasteiger partial charge in [0.1, 0.15) is 18.1 Å². The van der Waals surface area contributed by atoms with Crippen LogP contribution in [0.25, 0.3) is 10.2 Å². The Morgan fingerprint density at radius 2 is 2.06 bits per heavy atom. The summed E-state index contributed by atoms with van der Waals surface area (Å²) in [5, 5.41) is 10.3. The molecule has 3 aromatic heterocycles. The van der Waals surface area contributed by atoms with Crippen molar-refractivity contribution < 1.29 is 14.0 Å². The Balaban J connectivity index is 1.23. The Morgan fingerprint density at radius 1 is 1.16 bits per heavy atom. The highest BCUT2D eigenvalue weighted by molar-refractivity contribution is 8.01. The number of nitrogens with zero attached hydrogens (tertiary/aromatic N) is 3. The van der Waals surface area contributed by atoms with Gasteiger partial charge in [-0.25, -0.2) is 9.67 Å². The minimum atomic E-state index is -0.199. The maximum absolute atomic E-state index is 12.7. The predicted molar refractivity (Wildman–Crippen MR) is 127 cm³/mol. The van der Waals surface area contributed by atoms with Crippen LogP contribution in [0.4, 0.5) is 5.82 Å². The first-order valence-electron chi connectivity index (χ1n) is 9.89. The van der Waals surface area contributed by atoms with Gasteiger partial charge in [-0.3, -0.25) is 9.59 Å². The lowest BCUT2D eigenvalue weighted by atomic mass is 10.3. The van der Waals surface area contributed by atoms with E-state index in [2.05, 4.69) is 20.7 Å². The number of carbonyl (C=O) groups excluding carboxylic acids is 2. The fraction of sp³-hybridized carbons (Fsp3) is 0.238. The van der Waals surface area contributed by atoms with E-state index in [9.17, 15) is 9.59 Å². The molecule has 1 aliphatic heterocycles. The Bertz CT molecular complexity index is 1230. The topological polar surface area (TPSA) is 102 Å². The van der Waals surface area contributed by atoms with Gasteiger partial charge in [0, 0.05) is 17.1 Å². The molecular weight excluding hydrogens is 466 g/mol. The number of rotatable bonds is 8. The van der Waals surface area contributed by atoms with Crippen LogP contribution in [-0.2, 0) is 34.2 Å². The van der Waals surface area contributed by atoms with E-state index < -0.39 is 0 Å². The van der Waals surface area contributed by atoms with Crippen molar-refractivity contribution >= 4 is 62.7 Å². The van der Waals surface area contributed by atoms with Gasteiger partial charge in [-0.1, -0.05) is 23.9 Å². The first kappa shape index (κ1) is 21.1. The second kappa shape index (κ2) is 9.39. The van der Waals surface area contributed by atoms with E-state index in [1.54, 1.807) is 46.2 Å². The van der Waals surface area contributed by atoms with Crippen molar-refractivity contribution in [1.82, 2.24) is 20.1 Å². The minimum Gasteiger partial charge on any atom is -0.467 e. The quantitative estimate of drug-likeness (QED) is 0.365. The summed E-state index contributed by atoms with van der Waals surface area (Å²) in [6.07, 6.45) is 1.57. The number of furan rings is 1. The van der Waals surface area contributed by atoms with Crippen LogP contribution in [0.3, 0.4) is 0 Å². The van der Waals surface area contributed by atoms with Gasteiger partial charge in [-0.2, -0.15) is 16.9 Å². The summed E-state index contributed by atoms with van der Waals surface area (Å²) in [5.74, 6) is 2.72. The van der Waals surface area contributed by atoms with Gasteiger partial charge in [0.2, 0.25) is 11.8 Å². The molecule has 32 heavy (non-hydrogen) atoms. The van der Waals surface area contributed by atoms with Crippen LogP contribution in [0.1, 0.15) is 17.0 Å². The molecule has 4 heterocycles. The fourth-order valence-electron chi connectivity index (χ4n) is 3.32. The van der Waals surface area contributed by atoms with Gasteiger partial charge in [0.25, 0.3) is 0 Å². The molecule has 11 heteroatoms. The van der Waals surface area contributed by atoms with Gasteiger partial charge in [0.15, 0.2) is 4.34 Å². The van der Waals surface area contributed by atoms with Crippen molar-refractivity contribution in [3.8, 4) is 0 Å². The number of fused-ring (bicyclic) bond motifs is 2. The normalized spacial score (nSPS) is 12.8. The van der Waals surface area contributed by atoms with Crippen LogP contribution in [0, 0.1) is 0 Å². The number of nitrogens with one attached hydrogen (secondary N) is 2. The molecule has 0 saturated heterocycles.